The number of halogens is 3. The summed E-state index contributed by atoms with van der Waals surface area (Å²) in [5.41, 5.74) is 2.58. The number of hydrogen-bond donors (Lipinski definition) is 2. The molecule has 2 atom stereocenters. The van der Waals surface area contributed by atoms with Gasteiger partial charge in [-0.1, -0.05) is 38.1 Å². The third-order valence-electron chi connectivity index (χ3n) is 4.65. The number of alkyl halides is 3. The smallest absolute Gasteiger partial charge is 0.342 e. The van der Waals surface area contributed by atoms with Crippen LogP contribution in [-0.2, 0) is 4.79 Å². The molecule has 0 fully saturated rings. The summed E-state index contributed by atoms with van der Waals surface area (Å²) in [5, 5.41) is 13.4. The first-order valence-electron chi connectivity index (χ1n) is 9.61. The molecule has 0 aliphatic carbocycles. The summed E-state index contributed by atoms with van der Waals surface area (Å²) in [5.74, 6) is -0.637. The fourth-order valence-electron chi connectivity index (χ4n) is 3.17. The molecule has 2 aromatic rings. The number of pyridine rings is 1. The Kier molecular flexibility index (Phi) is 7.95. The number of benzene rings is 1. The van der Waals surface area contributed by atoms with E-state index < -0.39 is 24.2 Å². The fourth-order valence-corrected chi connectivity index (χ4v) is 3.17. The molecular formula is C22H25F3N4O. The van der Waals surface area contributed by atoms with Crippen molar-refractivity contribution >= 4 is 5.91 Å². The quantitative estimate of drug-likeness (QED) is 0.627. The van der Waals surface area contributed by atoms with Gasteiger partial charge in [0.05, 0.1) is 12.1 Å². The second kappa shape index (κ2) is 10.2. The van der Waals surface area contributed by atoms with E-state index in [2.05, 4.69) is 15.6 Å². The zero-order valence-corrected chi connectivity index (χ0v) is 17.1. The molecular weight excluding hydrogens is 393 g/mol. The van der Waals surface area contributed by atoms with Gasteiger partial charge in [0.25, 0.3) is 0 Å². The summed E-state index contributed by atoms with van der Waals surface area (Å²) < 4.78 is 41.6. The predicted molar refractivity (Wildman–Crippen MR) is 108 cm³/mol. The summed E-state index contributed by atoms with van der Waals surface area (Å²) >= 11 is 0. The largest absolute Gasteiger partial charge is 0.407 e. The monoisotopic (exact) mass is 418 g/mol. The molecule has 5 nitrogen and oxygen atoms in total. The van der Waals surface area contributed by atoms with Crippen molar-refractivity contribution in [2.45, 2.75) is 45.5 Å². The molecule has 0 aliphatic heterocycles. The maximum atomic E-state index is 13.9. The zero-order chi connectivity index (χ0) is 22.3. The van der Waals surface area contributed by atoms with Crippen molar-refractivity contribution in [2.24, 2.45) is 5.92 Å². The van der Waals surface area contributed by atoms with Gasteiger partial charge in [0, 0.05) is 18.0 Å². The van der Waals surface area contributed by atoms with Crippen LogP contribution in [0.15, 0.2) is 42.7 Å². The zero-order valence-electron chi connectivity index (χ0n) is 17.1. The van der Waals surface area contributed by atoms with E-state index in [0.717, 1.165) is 16.7 Å². The van der Waals surface area contributed by atoms with Crippen LogP contribution in [0.1, 0.15) is 37.4 Å². The van der Waals surface area contributed by atoms with E-state index in [-0.39, 0.29) is 24.4 Å². The van der Waals surface area contributed by atoms with Crippen LogP contribution < -0.4 is 10.6 Å². The first-order valence-corrected chi connectivity index (χ1v) is 9.61. The summed E-state index contributed by atoms with van der Waals surface area (Å²) in [4.78, 5) is 16.4. The Bertz CT molecular complexity index is 888. The van der Waals surface area contributed by atoms with E-state index in [1.54, 1.807) is 30.6 Å². The number of nitrogens with zero attached hydrogens (tertiary/aromatic N) is 2. The fraction of sp³-hybridized carbons (Fsp3) is 0.409. The van der Waals surface area contributed by atoms with Crippen molar-refractivity contribution in [3.8, 4) is 17.2 Å². The van der Waals surface area contributed by atoms with Crippen molar-refractivity contribution in [1.29, 1.82) is 5.26 Å². The van der Waals surface area contributed by atoms with Crippen LogP contribution in [0.25, 0.3) is 11.1 Å². The SMILES string of the molecule is Cc1ccncc1-c1ccc([C@H](N[C@@H](CC(C)C)C(=O)NCC#N)C(F)(F)F)cc1. The number of nitriles is 1. The lowest BCUT2D eigenvalue weighted by molar-refractivity contribution is -0.161. The molecule has 0 spiro atoms. The molecule has 1 aromatic heterocycles. The molecule has 0 bridgehead atoms. The summed E-state index contributed by atoms with van der Waals surface area (Å²) in [7, 11) is 0. The Morgan fingerprint density at radius 3 is 2.40 bits per heavy atom. The Hall–Kier alpha value is -2.92. The molecule has 0 radical (unpaired) electrons. The van der Waals surface area contributed by atoms with Gasteiger partial charge in [-0.15, -0.1) is 0 Å². The van der Waals surface area contributed by atoms with Crippen molar-refractivity contribution in [2.75, 3.05) is 6.54 Å². The van der Waals surface area contributed by atoms with Gasteiger partial charge < -0.3 is 5.32 Å². The van der Waals surface area contributed by atoms with Crippen molar-refractivity contribution in [1.82, 2.24) is 15.6 Å². The van der Waals surface area contributed by atoms with Crippen LogP contribution in [-0.4, -0.2) is 29.7 Å². The molecule has 0 aliphatic rings. The van der Waals surface area contributed by atoms with Crippen molar-refractivity contribution in [3.63, 3.8) is 0 Å². The lowest BCUT2D eigenvalue weighted by Gasteiger charge is -2.28. The van der Waals surface area contributed by atoms with Crippen molar-refractivity contribution < 1.29 is 18.0 Å². The average molecular weight is 418 g/mol. The van der Waals surface area contributed by atoms with Gasteiger partial charge in [0.1, 0.15) is 12.6 Å². The topological polar surface area (TPSA) is 77.8 Å². The molecule has 2 N–H and O–H groups in total. The van der Waals surface area contributed by atoms with E-state index in [0.29, 0.717) is 0 Å². The summed E-state index contributed by atoms with van der Waals surface area (Å²) in [6.45, 7) is 5.28. The maximum Gasteiger partial charge on any atom is 0.407 e. The molecule has 30 heavy (non-hydrogen) atoms. The summed E-state index contributed by atoms with van der Waals surface area (Å²) in [6, 6.07) is 6.55. The molecule has 8 heteroatoms. The van der Waals surface area contributed by atoms with Crippen LogP contribution in [0, 0.1) is 24.2 Å². The van der Waals surface area contributed by atoms with Gasteiger partial charge in [-0.05, 0) is 42.0 Å². The van der Waals surface area contributed by atoms with Gasteiger partial charge in [-0.3, -0.25) is 15.1 Å². The van der Waals surface area contributed by atoms with E-state index in [4.69, 9.17) is 5.26 Å². The second-order valence-electron chi connectivity index (χ2n) is 7.51. The molecule has 0 saturated heterocycles. The lowest BCUT2D eigenvalue weighted by atomic mass is 9.97. The van der Waals surface area contributed by atoms with Gasteiger partial charge in [0.2, 0.25) is 5.91 Å². The number of rotatable bonds is 8. The van der Waals surface area contributed by atoms with Gasteiger partial charge >= 0.3 is 6.18 Å². The van der Waals surface area contributed by atoms with Crippen LogP contribution >= 0.6 is 0 Å². The molecule has 0 unspecified atom stereocenters. The number of hydrogen-bond acceptors (Lipinski definition) is 4. The van der Waals surface area contributed by atoms with E-state index >= 15 is 0 Å². The normalized spacial score (nSPS) is 13.5. The minimum absolute atomic E-state index is 0.00892. The third-order valence-corrected chi connectivity index (χ3v) is 4.65. The number of nitrogens with one attached hydrogen (secondary N) is 2. The number of aromatic nitrogens is 1. The highest BCUT2D eigenvalue weighted by Gasteiger charge is 2.42. The average Bonchev–Trinajstić information content (AvgIpc) is 2.68. The van der Waals surface area contributed by atoms with Gasteiger partial charge in [-0.25, -0.2) is 0 Å². The Morgan fingerprint density at radius 1 is 1.20 bits per heavy atom. The van der Waals surface area contributed by atoms with Gasteiger partial charge in [0.15, 0.2) is 0 Å². The number of carbonyl (C=O) groups excluding carboxylic acids is 1. The highest BCUT2D eigenvalue weighted by Crippen LogP contribution is 2.34. The first-order chi connectivity index (χ1) is 14.1. The Balaban J connectivity index is 2.31. The first kappa shape index (κ1) is 23.4. The number of carbonyl (C=O) groups is 1. The molecule has 1 amide bonds. The molecule has 0 saturated carbocycles. The summed E-state index contributed by atoms with van der Waals surface area (Å²) in [6.07, 6.45) is -1.07. The highest BCUT2D eigenvalue weighted by atomic mass is 19.4. The van der Waals surface area contributed by atoms with Crippen molar-refractivity contribution in [3.05, 3.63) is 53.9 Å². The van der Waals surface area contributed by atoms with Gasteiger partial charge in [-0.2, -0.15) is 18.4 Å². The molecule has 1 heterocycles. The maximum absolute atomic E-state index is 13.9. The number of amides is 1. The molecule has 2 rings (SSSR count). The lowest BCUT2D eigenvalue weighted by Crippen LogP contribution is -2.49. The van der Waals surface area contributed by atoms with Crippen LogP contribution in [0.5, 0.6) is 0 Å². The minimum Gasteiger partial charge on any atom is -0.342 e. The minimum atomic E-state index is -4.60. The second-order valence-corrected chi connectivity index (χ2v) is 7.51. The van der Waals surface area contributed by atoms with Crippen LogP contribution in [0.3, 0.4) is 0 Å². The Labute approximate surface area is 174 Å². The van der Waals surface area contributed by atoms with E-state index in [1.165, 1.54) is 12.1 Å². The highest BCUT2D eigenvalue weighted by molar-refractivity contribution is 5.82. The van der Waals surface area contributed by atoms with E-state index in [1.807, 2.05) is 26.8 Å². The third kappa shape index (κ3) is 6.29. The Morgan fingerprint density at radius 2 is 1.87 bits per heavy atom. The number of aryl methyl sites for hydroxylation is 1. The molecule has 160 valence electrons. The van der Waals surface area contributed by atoms with Crippen LogP contribution in [0.4, 0.5) is 13.2 Å². The molecule has 1 aromatic carbocycles. The standard InChI is InChI=1S/C22H25F3N4O/c1-14(2)12-19(21(30)28-11-9-26)29-20(22(23,24)25)17-6-4-16(5-7-17)18-13-27-10-8-15(18)3/h4-8,10,13-14,19-20,29H,11-12H2,1-3H3,(H,28,30)/t19-,20-/m0/s1. The van der Waals surface area contributed by atoms with Crippen LogP contribution in [0.2, 0.25) is 0 Å². The van der Waals surface area contributed by atoms with E-state index in [9.17, 15) is 18.0 Å². The predicted octanol–water partition coefficient (Wildman–Crippen LogP) is 4.30.